The van der Waals surface area contributed by atoms with Crippen molar-refractivity contribution in [3.63, 3.8) is 0 Å². The van der Waals surface area contributed by atoms with Crippen molar-refractivity contribution in [2.24, 2.45) is 16.6 Å². The van der Waals surface area contributed by atoms with Gasteiger partial charge in [0.15, 0.2) is 0 Å². The van der Waals surface area contributed by atoms with Crippen LogP contribution >= 0.6 is 0 Å². The summed E-state index contributed by atoms with van der Waals surface area (Å²) in [7, 11) is 2.12. The van der Waals surface area contributed by atoms with E-state index in [0.29, 0.717) is 25.6 Å². The highest BCUT2D eigenvalue weighted by atomic mass is 16.6. The Bertz CT molecular complexity index is 448. The summed E-state index contributed by atoms with van der Waals surface area (Å²) in [5.41, 5.74) is 6.93. The summed E-state index contributed by atoms with van der Waals surface area (Å²) in [6.07, 6.45) is 3.77. The number of nitrogens with two attached hydrogens (primary N) is 2. The van der Waals surface area contributed by atoms with Crippen molar-refractivity contribution in [2.45, 2.75) is 26.2 Å². The quantitative estimate of drug-likeness (QED) is 0.265. The van der Waals surface area contributed by atoms with Crippen molar-refractivity contribution >= 4 is 5.84 Å². The van der Waals surface area contributed by atoms with Crippen molar-refractivity contribution in [2.75, 3.05) is 39.9 Å². The molecule has 0 fully saturated rings. The van der Waals surface area contributed by atoms with E-state index in [1.807, 2.05) is 24.3 Å². The molecule has 1 aromatic carbocycles. The van der Waals surface area contributed by atoms with Gasteiger partial charge in [0.25, 0.3) is 0 Å². The van der Waals surface area contributed by atoms with Gasteiger partial charge in [-0.15, -0.1) is 0 Å². The van der Waals surface area contributed by atoms with Gasteiger partial charge in [0, 0.05) is 12.1 Å². The molecular weight excluding hydrogens is 292 g/mol. The number of rotatable bonds is 12. The van der Waals surface area contributed by atoms with Crippen LogP contribution < -0.4 is 16.4 Å². The lowest BCUT2D eigenvalue weighted by molar-refractivity contribution is 0.102. The van der Waals surface area contributed by atoms with Gasteiger partial charge in [-0.1, -0.05) is 19.8 Å². The topological polar surface area (TPSA) is 86.1 Å². The first-order valence-electron chi connectivity index (χ1n) is 8.20. The number of hydrogen-bond donors (Lipinski definition) is 2. The van der Waals surface area contributed by atoms with Gasteiger partial charge in [-0.3, -0.25) is 4.99 Å². The van der Waals surface area contributed by atoms with E-state index in [4.69, 9.17) is 16.4 Å². The predicted octanol–water partition coefficient (Wildman–Crippen LogP) is 1.78. The molecule has 0 amide bonds. The maximum atomic E-state index is 6.03. The molecule has 0 unspecified atom stereocenters. The maximum absolute atomic E-state index is 6.03. The number of nitrogens with zero attached hydrogens (tertiary/aromatic N) is 2. The molecule has 0 heterocycles. The van der Waals surface area contributed by atoms with Gasteiger partial charge in [-0.05, 0) is 44.3 Å². The average molecular weight is 322 g/mol. The minimum atomic E-state index is 0.358. The molecule has 0 radical (unpaired) electrons. The molecule has 4 N–H and O–H groups in total. The van der Waals surface area contributed by atoms with E-state index in [2.05, 4.69) is 28.7 Å². The molecule has 0 aliphatic heterocycles. The van der Waals surface area contributed by atoms with E-state index in [0.717, 1.165) is 24.4 Å². The Labute approximate surface area is 139 Å². The Morgan fingerprint density at radius 1 is 1.13 bits per heavy atom. The number of hydrogen-bond acceptors (Lipinski definition) is 5. The molecule has 0 atom stereocenters. The molecule has 0 saturated heterocycles. The van der Waals surface area contributed by atoms with Crippen LogP contribution in [0.2, 0.25) is 0 Å². The van der Waals surface area contributed by atoms with Crippen LogP contribution in [0.15, 0.2) is 29.3 Å². The zero-order valence-corrected chi connectivity index (χ0v) is 14.3. The minimum Gasteiger partial charge on any atom is -0.491 e. The highest BCUT2D eigenvalue weighted by Crippen LogP contribution is 2.12. The second-order valence-corrected chi connectivity index (χ2v) is 5.52. The van der Waals surface area contributed by atoms with Crippen LogP contribution in [0.3, 0.4) is 0 Å². The van der Waals surface area contributed by atoms with Gasteiger partial charge in [-0.2, -0.15) is 0 Å². The van der Waals surface area contributed by atoms with Gasteiger partial charge in [0.1, 0.15) is 24.8 Å². The fourth-order valence-corrected chi connectivity index (χ4v) is 2.11. The molecule has 0 spiro atoms. The number of likely N-dealkylation sites (N-methyl/N-ethyl adjacent to an activating group) is 1. The van der Waals surface area contributed by atoms with E-state index in [1.54, 1.807) is 0 Å². The SMILES string of the molecule is CCCCCN(C)CCN=C(N)c1ccc(OCCON)cc1. The molecule has 0 saturated carbocycles. The first-order chi connectivity index (χ1) is 11.2. The number of benzene rings is 1. The number of aliphatic imine (C=N–C) groups is 1. The molecule has 0 bridgehead atoms. The summed E-state index contributed by atoms with van der Waals surface area (Å²) < 4.78 is 5.45. The highest BCUT2D eigenvalue weighted by Gasteiger charge is 2.01. The van der Waals surface area contributed by atoms with Gasteiger partial charge >= 0.3 is 0 Å². The fraction of sp³-hybridized carbons (Fsp3) is 0.588. The average Bonchev–Trinajstić information content (AvgIpc) is 2.56. The summed E-state index contributed by atoms with van der Waals surface area (Å²) in [5, 5.41) is 0. The van der Waals surface area contributed by atoms with E-state index in [-0.39, 0.29) is 0 Å². The van der Waals surface area contributed by atoms with Crippen LogP contribution in [0.1, 0.15) is 31.7 Å². The summed E-state index contributed by atoms with van der Waals surface area (Å²) >= 11 is 0. The Hall–Kier alpha value is -1.63. The number of amidine groups is 1. The van der Waals surface area contributed by atoms with Crippen LogP contribution in [0, 0.1) is 0 Å². The maximum Gasteiger partial charge on any atom is 0.125 e. The van der Waals surface area contributed by atoms with Crippen LogP contribution in [0.5, 0.6) is 5.75 Å². The molecule has 130 valence electrons. The lowest BCUT2D eigenvalue weighted by Crippen LogP contribution is -2.24. The summed E-state index contributed by atoms with van der Waals surface area (Å²) in [5.74, 6) is 6.26. The smallest absolute Gasteiger partial charge is 0.125 e. The third-order valence-electron chi connectivity index (χ3n) is 3.53. The standard InChI is InChI=1S/C17H30N4O2/c1-3-4-5-11-21(2)12-10-20-17(18)15-6-8-16(9-7-15)22-13-14-23-19/h6-9H,3-5,10-14,19H2,1-2H3,(H2,18,20). The molecule has 23 heavy (non-hydrogen) atoms. The highest BCUT2D eigenvalue weighted by molar-refractivity contribution is 5.97. The Balaban J connectivity index is 2.36. The lowest BCUT2D eigenvalue weighted by atomic mass is 10.2. The Kier molecular flexibility index (Phi) is 10.0. The van der Waals surface area contributed by atoms with Crippen LogP contribution in [-0.2, 0) is 4.84 Å². The molecule has 1 rings (SSSR count). The van der Waals surface area contributed by atoms with Crippen LogP contribution in [0.4, 0.5) is 0 Å². The fourth-order valence-electron chi connectivity index (χ4n) is 2.11. The van der Waals surface area contributed by atoms with Crippen molar-refractivity contribution in [1.82, 2.24) is 4.90 Å². The van der Waals surface area contributed by atoms with E-state index in [9.17, 15) is 0 Å². The van der Waals surface area contributed by atoms with Crippen molar-refractivity contribution in [3.8, 4) is 5.75 Å². The molecule has 6 heteroatoms. The van der Waals surface area contributed by atoms with Crippen LogP contribution in [0.25, 0.3) is 0 Å². The molecule has 0 aliphatic carbocycles. The van der Waals surface area contributed by atoms with Gasteiger partial charge in [0.05, 0.1) is 6.54 Å². The summed E-state index contributed by atoms with van der Waals surface area (Å²) in [6.45, 7) is 5.74. The molecule has 0 aliphatic rings. The lowest BCUT2D eigenvalue weighted by Gasteiger charge is -2.14. The zero-order valence-electron chi connectivity index (χ0n) is 14.3. The largest absolute Gasteiger partial charge is 0.491 e. The summed E-state index contributed by atoms with van der Waals surface area (Å²) in [4.78, 5) is 11.2. The molecular formula is C17H30N4O2. The molecule has 0 aromatic heterocycles. The Morgan fingerprint density at radius 3 is 2.52 bits per heavy atom. The van der Waals surface area contributed by atoms with Crippen molar-refractivity contribution in [1.29, 1.82) is 0 Å². The molecule has 6 nitrogen and oxygen atoms in total. The van der Waals surface area contributed by atoms with E-state index >= 15 is 0 Å². The second kappa shape index (κ2) is 11.9. The van der Waals surface area contributed by atoms with Gasteiger partial charge in [0.2, 0.25) is 0 Å². The van der Waals surface area contributed by atoms with Crippen molar-refractivity contribution in [3.05, 3.63) is 29.8 Å². The number of ether oxygens (including phenoxy) is 1. The predicted molar refractivity (Wildman–Crippen MR) is 94.7 cm³/mol. The zero-order chi connectivity index (χ0) is 16.9. The number of unbranched alkanes of at least 4 members (excludes halogenated alkanes) is 2. The van der Waals surface area contributed by atoms with Crippen molar-refractivity contribution < 1.29 is 9.57 Å². The third kappa shape index (κ3) is 8.54. The third-order valence-corrected chi connectivity index (χ3v) is 3.53. The summed E-state index contributed by atoms with van der Waals surface area (Å²) in [6, 6.07) is 7.54. The van der Waals surface area contributed by atoms with E-state index < -0.39 is 0 Å². The second-order valence-electron chi connectivity index (χ2n) is 5.52. The minimum absolute atomic E-state index is 0.358. The first kappa shape index (κ1) is 19.4. The monoisotopic (exact) mass is 322 g/mol. The molecule has 1 aromatic rings. The Morgan fingerprint density at radius 2 is 1.87 bits per heavy atom. The normalized spacial score (nSPS) is 11.9. The van der Waals surface area contributed by atoms with Gasteiger partial charge in [-0.25, -0.2) is 5.90 Å². The van der Waals surface area contributed by atoms with Gasteiger partial charge < -0.3 is 20.2 Å². The van der Waals surface area contributed by atoms with E-state index in [1.165, 1.54) is 19.3 Å². The first-order valence-corrected chi connectivity index (χ1v) is 8.20. The van der Waals surface area contributed by atoms with Crippen LogP contribution in [-0.4, -0.2) is 50.6 Å².